The summed E-state index contributed by atoms with van der Waals surface area (Å²) in [6, 6.07) is 31.1. The Morgan fingerprint density at radius 1 is 0.787 bits per heavy atom. The van der Waals surface area contributed by atoms with Crippen LogP contribution in [0.4, 0.5) is 0 Å². The Morgan fingerprint density at radius 2 is 1.34 bits per heavy atom. The summed E-state index contributed by atoms with van der Waals surface area (Å²) < 4.78 is 5.74. The lowest BCUT2D eigenvalue weighted by Crippen LogP contribution is -2.57. The number of ether oxygens (including phenoxy) is 1. The number of benzene rings is 4. The number of amides is 1. The van der Waals surface area contributed by atoms with Crippen LogP contribution < -0.4 is 26.0 Å². The molecule has 4 aromatic carbocycles. The molecule has 0 saturated carbocycles. The van der Waals surface area contributed by atoms with E-state index in [0.717, 1.165) is 59.0 Å². The standard InChI is InChI=1S/C55H70N3O2P/c1-15-35-34-58-25-23-36(35)26-48(58)50(44-22-24-56-47-21-20-41(60-14)33-46(44)47)57-51(59)45-18-16-17-19-49(45)61(42-29-37(52(2,3)4)27-38(30-42)53(5,6)7)43-31-39(54(8,9)10)28-40(32-43)55(11,12)13/h15-22,24,27-33,35-36,48,50H,1,23,25-26,34H2,2-14H3,(H,57,59)/t35?,36?,48-,50?/m1/s1. The summed E-state index contributed by atoms with van der Waals surface area (Å²) in [4.78, 5) is 22.9. The monoisotopic (exact) mass is 836 g/mol. The van der Waals surface area contributed by atoms with Crippen molar-refractivity contribution in [1.29, 1.82) is 0 Å². The highest BCUT2D eigenvalue weighted by molar-refractivity contribution is 7.80. The lowest BCUT2D eigenvalue weighted by molar-refractivity contribution is 0.00171. The van der Waals surface area contributed by atoms with Crippen LogP contribution in [-0.4, -0.2) is 42.0 Å². The first kappa shape index (κ1) is 44.7. The highest BCUT2D eigenvalue weighted by atomic mass is 31.1. The minimum Gasteiger partial charge on any atom is -0.497 e. The average molecular weight is 836 g/mol. The zero-order chi connectivity index (χ0) is 44.2. The second-order valence-corrected chi connectivity index (χ2v) is 24.1. The number of hydrogen-bond donors (Lipinski definition) is 1. The van der Waals surface area contributed by atoms with Crippen LogP contribution in [0.2, 0.25) is 0 Å². The van der Waals surface area contributed by atoms with Crippen molar-refractivity contribution in [3.05, 3.63) is 137 Å². The molecule has 6 heteroatoms. The zero-order valence-corrected chi connectivity index (χ0v) is 40.1. The quantitative estimate of drug-likeness (QED) is 0.119. The van der Waals surface area contributed by atoms with E-state index in [1.54, 1.807) is 7.11 Å². The maximum atomic E-state index is 15.6. The summed E-state index contributed by atoms with van der Waals surface area (Å²) in [6.07, 6.45) is 6.18. The summed E-state index contributed by atoms with van der Waals surface area (Å²) >= 11 is 0. The number of piperidine rings is 3. The molecule has 4 heterocycles. The van der Waals surface area contributed by atoms with Gasteiger partial charge in [-0.1, -0.05) is 144 Å². The van der Waals surface area contributed by atoms with E-state index < -0.39 is 7.92 Å². The molecule has 4 unspecified atom stereocenters. The van der Waals surface area contributed by atoms with Gasteiger partial charge in [0.05, 0.1) is 18.7 Å². The van der Waals surface area contributed by atoms with Gasteiger partial charge in [-0.15, -0.1) is 6.58 Å². The lowest BCUT2D eigenvalue weighted by Gasteiger charge is -2.51. The van der Waals surface area contributed by atoms with Crippen LogP contribution in [0.1, 0.15) is 140 Å². The summed E-state index contributed by atoms with van der Waals surface area (Å²) in [7, 11) is 0.501. The summed E-state index contributed by atoms with van der Waals surface area (Å²) in [5.41, 5.74) is 7.66. The molecule has 3 aliphatic heterocycles. The SMILES string of the molecule is C=CC1CN2CCC1C[C@@H]2C(NC(=O)c1ccccc1P(c1cc(C(C)(C)C)cc(C(C)(C)C)c1)c1cc(C(C)(C)C)cc(C(C)(C)C)c1)c1ccnc2ccc(OC)cc12. The average Bonchev–Trinajstić information content (AvgIpc) is 3.21. The minimum absolute atomic E-state index is 0.0464. The van der Waals surface area contributed by atoms with Gasteiger partial charge in [-0.3, -0.25) is 14.7 Å². The van der Waals surface area contributed by atoms with E-state index in [1.807, 2.05) is 24.4 Å². The molecule has 5 aromatic rings. The highest BCUT2D eigenvalue weighted by Gasteiger charge is 2.44. The zero-order valence-electron chi connectivity index (χ0n) is 39.2. The van der Waals surface area contributed by atoms with Crippen LogP contribution in [0.25, 0.3) is 10.9 Å². The van der Waals surface area contributed by atoms with Crippen molar-refractivity contribution >= 4 is 40.6 Å². The number of carbonyl (C=O) groups is 1. The first-order chi connectivity index (χ1) is 28.6. The summed E-state index contributed by atoms with van der Waals surface area (Å²) in [5.74, 6) is 1.73. The maximum absolute atomic E-state index is 15.6. The number of fused-ring (bicyclic) bond motifs is 4. The van der Waals surface area contributed by atoms with Gasteiger partial charge in [-0.25, -0.2) is 0 Å². The predicted molar refractivity (Wildman–Crippen MR) is 260 cm³/mol. The molecule has 322 valence electrons. The van der Waals surface area contributed by atoms with Crippen molar-refractivity contribution < 1.29 is 9.53 Å². The number of aromatic nitrogens is 1. The number of methoxy groups -OCH3 is 1. The smallest absolute Gasteiger partial charge is 0.252 e. The molecule has 5 nitrogen and oxygen atoms in total. The van der Waals surface area contributed by atoms with Crippen LogP contribution in [0.3, 0.4) is 0 Å². The number of pyridine rings is 1. The van der Waals surface area contributed by atoms with Crippen LogP contribution in [0.15, 0.2) is 104 Å². The molecule has 3 fully saturated rings. The third-order valence-corrected chi connectivity index (χ3v) is 15.8. The molecule has 3 aliphatic rings. The number of hydrogen-bond acceptors (Lipinski definition) is 4. The number of carbonyl (C=O) groups excluding carboxylic acids is 1. The van der Waals surface area contributed by atoms with Crippen LogP contribution in [-0.2, 0) is 21.7 Å². The lowest BCUT2D eigenvalue weighted by atomic mass is 9.73. The topological polar surface area (TPSA) is 54.5 Å². The van der Waals surface area contributed by atoms with E-state index in [2.05, 4.69) is 173 Å². The summed E-state index contributed by atoms with van der Waals surface area (Å²) in [5, 5.41) is 8.37. The van der Waals surface area contributed by atoms with Gasteiger partial charge in [0.1, 0.15) is 5.75 Å². The van der Waals surface area contributed by atoms with Gasteiger partial charge in [-0.05, 0) is 135 Å². The van der Waals surface area contributed by atoms with Gasteiger partial charge in [-0.2, -0.15) is 0 Å². The second-order valence-electron chi connectivity index (χ2n) is 21.9. The Bertz CT molecular complexity index is 2280. The molecule has 3 saturated heterocycles. The molecular weight excluding hydrogens is 766 g/mol. The Hall–Kier alpha value is -4.31. The van der Waals surface area contributed by atoms with Crippen molar-refractivity contribution in [2.45, 2.75) is 130 Å². The van der Waals surface area contributed by atoms with Crippen molar-refractivity contribution in [3.8, 4) is 5.75 Å². The molecule has 1 N–H and O–H groups in total. The normalized spacial score (nSPS) is 20.2. The van der Waals surface area contributed by atoms with Gasteiger partial charge in [0.15, 0.2) is 0 Å². The fourth-order valence-electron chi connectivity index (χ4n) is 9.37. The molecule has 1 aromatic heterocycles. The van der Waals surface area contributed by atoms with Gasteiger partial charge in [0, 0.05) is 29.7 Å². The van der Waals surface area contributed by atoms with E-state index in [1.165, 1.54) is 32.9 Å². The Balaban J connectivity index is 1.44. The molecular formula is C55H70N3O2P. The third-order valence-electron chi connectivity index (χ3n) is 13.3. The molecule has 0 radical (unpaired) electrons. The Kier molecular flexibility index (Phi) is 12.3. The number of nitrogens with zero attached hydrogens (tertiary/aromatic N) is 2. The van der Waals surface area contributed by atoms with E-state index in [0.29, 0.717) is 11.8 Å². The second kappa shape index (κ2) is 16.8. The number of rotatable bonds is 9. The van der Waals surface area contributed by atoms with Crippen LogP contribution >= 0.6 is 7.92 Å². The molecule has 61 heavy (non-hydrogen) atoms. The fraction of sp³-hybridized carbons (Fsp3) is 0.455. The molecule has 8 rings (SSSR count). The molecule has 0 aliphatic carbocycles. The first-order valence-corrected chi connectivity index (χ1v) is 23.7. The molecule has 1 amide bonds. The summed E-state index contributed by atoms with van der Waals surface area (Å²) in [6.45, 7) is 33.9. The van der Waals surface area contributed by atoms with Gasteiger partial charge in [0.2, 0.25) is 0 Å². The van der Waals surface area contributed by atoms with E-state index in [9.17, 15) is 0 Å². The fourth-order valence-corrected chi connectivity index (χ4v) is 11.9. The first-order valence-electron chi connectivity index (χ1n) is 22.4. The molecule has 2 bridgehead atoms. The van der Waals surface area contributed by atoms with Crippen LogP contribution in [0.5, 0.6) is 5.75 Å². The van der Waals surface area contributed by atoms with Crippen LogP contribution in [0, 0.1) is 11.8 Å². The van der Waals surface area contributed by atoms with Gasteiger partial charge in [0.25, 0.3) is 5.91 Å². The predicted octanol–water partition coefficient (Wildman–Crippen LogP) is 11.6. The minimum atomic E-state index is -1.20. The largest absolute Gasteiger partial charge is 0.497 e. The van der Waals surface area contributed by atoms with E-state index >= 15 is 4.79 Å². The molecule has 0 spiro atoms. The third kappa shape index (κ3) is 9.40. The molecule has 5 atom stereocenters. The Labute approximate surface area is 368 Å². The number of nitrogens with one attached hydrogen (secondary N) is 1. The maximum Gasteiger partial charge on any atom is 0.252 e. The van der Waals surface area contributed by atoms with Gasteiger partial charge >= 0.3 is 0 Å². The Morgan fingerprint density at radius 3 is 1.84 bits per heavy atom. The van der Waals surface area contributed by atoms with Gasteiger partial charge < -0.3 is 10.1 Å². The van der Waals surface area contributed by atoms with E-state index in [4.69, 9.17) is 9.72 Å². The van der Waals surface area contributed by atoms with E-state index in [-0.39, 0.29) is 39.7 Å². The van der Waals surface area contributed by atoms with Crippen molar-refractivity contribution in [1.82, 2.24) is 15.2 Å². The van der Waals surface area contributed by atoms with Crippen molar-refractivity contribution in [3.63, 3.8) is 0 Å². The highest BCUT2D eigenvalue weighted by Crippen LogP contribution is 2.44. The van der Waals surface area contributed by atoms with Crippen molar-refractivity contribution in [2.24, 2.45) is 11.8 Å². The van der Waals surface area contributed by atoms with Crippen molar-refractivity contribution in [2.75, 3.05) is 20.2 Å².